The van der Waals surface area contributed by atoms with Gasteiger partial charge in [-0.1, -0.05) is 46.2 Å². The number of sulfonamides is 1. The molecule has 5 heteroatoms. The molecule has 0 fully saturated rings. The van der Waals surface area contributed by atoms with Crippen molar-refractivity contribution in [2.75, 3.05) is 11.3 Å². The summed E-state index contributed by atoms with van der Waals surface area (Å²) in [5.74, 6) is 0.682. The zero-order chi connectivity index (χ0) is 18.5. The number of nitrogens with one attached hydrogen (secondary N) is 1. The predicted molar refractivity (Wildman–Crippen MR) is 103 cm³/mol. The summed E-state index contributed by atoms with van der Waals surface area (Å²) in [4.78, 5) is 0.218. The average molecular weight is 362 g/mol. The van der Waals surface area contributed by atoms with Gasteiger partial charge in [0.15, 0.2) is 0 Å². The number of rotatable bonds is 7. The second kappa shape index (κ2) is 7.91. The Labute approximate surface area is 151 Å². The average Bonchev–Trinajstić information content (AvgIpc) is 2.55. The highest BCUT2D eigenvalue weighted by Crippen LogP contribution is 2.25. The summed E-state index contributed by atoms with van der Waals surface area (Å²) in [6.45, 7) is 9.10. The first-order valence-electron chi connectivity index (χ1n) is 8.58. The summed E-state index contributed by atoms with van der Waals surface area (Å²) in [6, 6.07) is 14.0. The molecule has 2 aromatic carbocycles. The van der Waals surface area contributed by atoms with Crippen molar-refractivity contribution in [2.45, 2.75) is 50.8 Å². The van der Waals surface area contributed by atoms with E-state index < -0.39 is 10.0 Å². The first-order chi connectivity index (χ1) is 11.7. The molecule has 0 aromatic heterocycles. The summed E-state index contributed by atoms with van der Waals surface area (Å²) < 4.78 is 33.2. The van der Waals surface area contributed by atoms with Crippen LogP contribution in [0.2, 0.25) is 0 Å². The van der Waals surface area contributed by atoms with Gasteiger partial charge in [0.25, 0.3) is 10.0 Å². The molecule has 2 rings (SSSR count). The van der Waals surface area contributed by atoms with Crippen LogP contribution < -0.4 is 9.46 Å². The van der Waals surface area contributed by atoms with Gasteiger partial charge < -0.3 is 4.74 Å². The number of benzene rings is 2. The van der Waals surface area contributed by atoms with E-state index in [4.69, 9.17) is 4.74 Å². The Bertz CT molecular complexity index is 773. The summed E-state index contributed by atoms with van der Waals surface area (Å²) >= 11 is 0. The Kier molecular flexibility index (Phi) is 6.11. The van der Waals surface area contributed by atoms with Gasteiger partial charge in [-0.05, 0) is 53.8 Å². The molecule has 2 aromatic rings. The van der Waals surface area contributed by atoms with Crippen molar-refractivity contribution < 1.29 is 13.2 Å². The lowest BCUT2D eigenvalue weighted by atomic mass is 9.87. The van der Waals surface area contributed by atoms with Crippen molar-refractivity contribution >= 4 is 15.7 Å². The lowest BCUT2D eigenvalue weighted by molar-refractivity contribution is 0.309. The smallest absolute Gasteiger partial charge is 0.261 e. The minimum atomic E-state index is -3.61. The van der Waals surface area contributed by atoms with E-state index in [0.29, 0.717) is 18.0 Å². The highest BCUT2D eigenvalue weighted by molar-refractivity contribution is 7.92. The van der Waals surface area contributed by atoms with E-state index in [1.165, 1.54) is 0 Å². The molecule has 136 valence electrons. The van der Waals surface area contributed by atoms with Gasteiger partial charge in [0.1, 0.15) is 5.75 Å². The van der Waals surface area contributed by atoms with Crippen LogP contribution in [-0.4, -0.2) is 15.0 Å². The van der Waals surface area contributed by atoms with Crippen molar-refractivity contribution in [3.05, 3.63) is 54.1 Å². The maximum Gasteiger partial charge on any atom is 0.261 e. The minimum absolute atomic E-state index is 0.0327. The van der Waals surface area contributed by atoms with Gasteiger partial charge in [-0.15, -0.1) is 0 Å². The first-order valence-corrected chi connectivity index (χ1v) is 10.1. The largest absolute Gasteiger partial charge is 0.494 e. The van der Waals surface area contributed by atoms with Crippen LogP contribution in [0.4, 0.5) is 5.69 Å². The Balaban J connectivity index is 2.08. The maximum absolute atomic E-state index is 12.5. The molecule has 4 nitrogen and oxygen atoms in total. The highest BCUT2D eigenvalue weighted by Gasteiger charge is 2.16. The highest BCUT2D eigenvalue weighted by atomic mass is 32.2. The molecule has 0 bridgehead atoms. The SMILES string of the molecule is CCCCOc1ccc(S(=O)(=O)Nc2ccc(C(C)(C)C)cc2)cc1. The fraction of sp³-hybridized carbons (Fsp3) is 0.400. The zero-order valence-corrected chi connectivity index (χ0v) is 16.2. The van der Waals surface area contributed by atoms with E-state index in [1.807, 2.05) is 12.1 Å². The molecule has 0 spiro atoms. The van der Waals surface area contributed by atoms with E-state index in [9.17, 15) is 8.42 Å². The molecule has 0 aliphatic rings. The zero-order valence-electron chi connectivity index (χ0n) is 15.4. The third-order valence-electron chi connectivity index (χ3n) is 3.90. The Morgan fingerprint density at radius 2 is 1.56 bits per heavy atom. The number of ether oxygens (including phenoxy) is 1. The molecule has 25 heavy (non-hydrogen) atoms. The molecule has 0 aliphatic heterocycles. The quantitative estimate of drug-likeness (QED) is 0.709. The predicted octanol–water partition coefficient (Wildman–Crippen LogP) is 4.96. The van der Waals surface area contributed by atoms with Crippen LogP contribution in [0.5, 0.6) is 5.75 Å². The standard InChI is InChI=1S/C20H27NO3S/c1-5-6-15-24-18-11-13-19(14-12-18)25(22,23)21-17-9-7-16(8-10-17)20(2,3)4/h7-14,21H,5-6,15H2,1-4H3. The fourth-order valence-electron chi connectivity index (χ4n) is 2.30. The normalized spacial score (nSPS) is 12.0. The van der Waals surface area contributed by atoms with Crippen molar-refractivity contribution in [1.29, 1.82) is 0 Å². The summed E-state index contributed by atoms with van der Waals surface area (Å²) in [6.07, 6.45) is 2.04. The Morgan fingerprint density at radius 1 is 0.960 bits per heavy atom. The van der Waals surface area contributed by atoms with Crippen LogP contribution in [-0.2, 0) is 15.4 Å². The molecule has 1 N–H and O–H groups in total. The molecule has 0 atom stereocenters. The van der Waals surface area contributed by atoms with Gasteiger partial charge in [-0.25, -0.2) is 8.42 Å². The van der Waals surface area contributed by atoms with Gasteiger partial charge in [0.2, 0.25) is 0 Å². The molecular weight excluding hydrogens is 334 g/mol. The second-order valence-electron chi connectivity index (χ2n) is 7.11. The molecule has 0 heterocycles. The van der Waals surface area contributed by atoms with Crippen molar-refractivity contribution in [2.24, 2.45) is 0 Å². The Hall–Kier alpha value is -2.01. The van der Waals surface area contributed by atoms with Crippen molar-refractivity contribution in [1.82, 2.24) is 0 Å². The van der Waals surface area contributed by atoms with Crippen molar-refractivity contribution in [3.8, 4) is 5.75 Å². The molecule has 0 saturated heterocycles. The lowest BCUT2D eigenvalue weighted by Crippen LogP contribution is -2.14. The topological polar surface area (TPSA) is 55.4 Å². The summed E-state index contributed by atoms with van der Waals surface area (Å²) in [5, 5.41) is 0. The van der Waals surface area contributed by atoms with Gasteiger partial charge in [0.05, 0.1) is 11.5 Å². The van der Waals surface area contributed by atoms with Crippen LogP contribution in [0.15, 0.2) is 53.4 Å². The molecule has 0 saturated carbocycles. The number of hydrogen-bond acceptors (Lipinski definition) is 3. The van der Waals surface area contributed by atoms with Crippen LogP contribution in [0.25, 0.3) is 0 Å². The van der Waals surface area contributed by atoms with Crippen LogP contribution in [0.3, 0.4) is 0 Å². The van der Waals surface area contributed by atoms with Gasteiger partial charge in [0, 0.05) is 5.69 Å². The third kappa shape index (κ3) is 5.49. The van der Waals surface area contributed by atoms with Crippen LogP contribution in [0.1, 0.15) is 46.1 Å². The van der Waals surface area contributed by atoms with E-state index in [-0.39, 0.29) is 10.3 Å². The molecule has 0 unspecified atom stereocenters. The monoisotopic (exact) mass is 361 g/mol. The minimum Gasteiger partial charge on any atom is -0.494 e. The van der Waals surface area contributed by atoms with E-state index >= 15 is 0 Å². The van der Waals surface area contributed by atoms with Gasteiger partial charge in [-0.2, -0.15) is 0 Å². The van der Waals surface area contributed by atoms with E-state index in [1.54, 1.807) is 36.4 Å². The first kappa shape index (κ1) is 19.3. The second-order valence-corrected chi connectivity index (χ2v) is 8.79. The van der Waals surface area contributed by atoms with Gasteiger partial charge >= 0.3 is 0 Å². The van der Waals surface area contributed by atoms with Crippen LogP contribution >= 0.6 is 0 Å². The number of unbranched alkanes of at least 4 members (excludes halogenated alkanes) is 1. The number of hydrogen-bond donors (Lipinski definition) is 1. The Morgan fingerprint density at radius 3 is 2.08 bits per heavy atom. The van der Waals surface area contributed by atoms with E-state index in [0.717, 1.165) is 18.4 Å². The van der Waals surface area contributed by atoms with E-state index in [2.05, 4.69) is 32.4 Å². The summed E-state index contributed by atoms with van der Waals surface area (Å²) in [5.41, 5.74) is 1.74. The molecule has 0 amide bonds. The molecule has 0 aliphatic carbocycles. The molecule has 0 radical (unpaired) electrons. The summed E-state index contributed by atoms with van der Waals surface area (Å²) in [7, 11) is -3.61. The van der Waals surface area contributed by atoms with Crippen LogP contribution in [0, 0.1) is 0 Å². The fourth-order valence-corrected chi connectivity index (χ4v) is 3.36. The van der Waals surface area contributed by atoms with Gasteiger partial charge in [-0.3, -0.25) is 4.72 Å². The lowest BCUT2D eigenvalue weighted by Gasteiger charge is -2.19. The molecular formula is C20H27NO3S. The third-order valence-corrected chi connectivity index (χ3v) is 5.30. The number of anilines is 1. The van der Waals surface area contributed by atoms with Crippen molar-refractivity contribution in [3.63, 3.8) is 0 Å². The maximum atomic E-state index is 12.5.